The normalized spacial score (nSPS) is 16.7. The minimum atomic E-state index is -0.126. The maximum Gasteiger partial charge on any atom is 0.320 e. The molecular weight excluding hydrogens is 537 g/mol. The molecule has 39 heavy (non-hydrogen) atoms. The summed E-state index contributed by atoms with van der Waals surface area (Å²) in [4.78, 5) is 35.9. The topological polar surface area (TPSA) is 78.0 Å². The summed E-state index contributed by atoms with van der Waals surface area (Å²) in [5.74, 6) is 0.479. The van der Waals surface area contributed by atoms with Crippen molar-refractivity contribution in [1.82, 2.24) is 19.7 Å². The average molecular weight is 581 g/mol. The van der Waals surface area contributed by atoms with Crippen LogP contribution in [0.1, 0.15) is 49.0 Å². The number of likely N-dealkylation sites (tertiary alicyclic amines) is 1. The molecule has 0 bridgehead atoms. The minimum Gasteiger partial charge on any atom is -0.378 e. The summed E-state index contributed by atoms with van der Waals surface area (Å²) >= 11 is 0. The molecule has 2 saturated heterocycles. The highest BCUT2D eigenvalue weighted by molar-refractivity contribution is 6.04. The summed E-state index contributed by atoms with van der Waals surface area (Å²) in [5, 5.41) is 3.01. The van der Waals surface area contributed by atoms with Crippen LogP contribution in [0, 0.1) is 5.92 Å². The third-order valence-corrected chi connectivity index (χ3v) is 7.45. The number of nitrogens with one attached hydrogen (secondary N) is 1. The van der Waals surface area contributed by atoms with Crippen LogP contribution in [0.4, 0.5) is 10.5 Å². The Morgan fingerprint density at radius 1 is 1.05 bits per heavy atom. The number of hydrogen-bond donors (Lipinski definition) is 1. The molecule has 1 aromatic heterocycles. The van der Waals surface area contributed by atoms with Gasteiger partial charge in [-0.1, -0.05) is 19.1 Å². The lowest BCUT2D eigenvalue weighted by atomic mass is 9.95. The molecule has 4 rings (SSSR count). The zero-order valence-electron chi connectivity index (χ0n) is 23.1. The van der Waals surface area contributed by atoms with Crippen molar-refractivity contribution in [3.05, 3.63) is 59.9 Å². The summed E-state index contributed by atoms with van der Waals surface area (Å²) in [7, 11) is 0. The predicted octanol–water partition coefficient (Wildman–Crippen LogP) is 4.98. The Labute approximate surface area is 245 Å². The van der Waals surface area contributed by atoms with E-state index in [2.05, 4.69) is 41.2 Å². The summed E-state index contributed by atoms with van der Waals surface area (Å²) in [6.07, 6.45) is 7.40. The summed E-state index contributed by atoms with van der Waals surface area (Å²) in [6, 6.07) is 12.2. The summed E-state index contributed by atoms with van der Waals surface area (Å²) < 4.78 is 5.39. The molecule has 0 radical (unpaired) electrons. The maximum atomic E-state index is 12.8. The standard InChI is InChI=1S/C29H41N5O3.2ClH/c1-3-13-34(22-24-9-14-32(15-10-24)29(36)33-16-18-37-19-17-33)23(2)20-25-5-4-6-27(21-25)31-28(35)26-7-11-30-12-8-26;;/h4-8,11-12,21,23-24H,3,9-10,13-20,22H2,1-2H3,(H,31,35);2*1H. The largest absolute Gasteiger partial charge is 0.378 e. The number of benzene rings is 1. The molecule has 1 aromatic carbocycles. The van der Waals surface area contributed by atoms with Crippen LogP contribution < -0.4 is 5.32 Å². The van der Waals surface area contributed by atoms with Gasteiger partial charge in [0.15, 0.2) is 0 Å². The third-order valence-electron chi connectivity index (χ3n) is 7.45. The van der Waals surface area contributed by atoms with Gasteiger partial charge in [0.2, 0.25) is 0 Å². The molecule has 2 aliphatic heterocycles. The Kier molecular flexibility index (Phi) is 14.0. The van der Waals surface area contributed by atoms with Gasteiger partial charge in [0.05, 0.1) is 13.2 Å². The van der Waals surface area contributed by atoms with Crippen LogP contribution in [0.25, 0.3) is 0 Å². The molecule has 3 amide bonds. The number of carbonyl (C=O) groups excluding carboxylic acids is 2. The van der Waals surface area contributed by atoms with Crippen LogP contribution >= 0.6 is 24.8 Å². The highest BCUT2D eigenvalue weighted by Gasteiger charge is 2.28. The number of halogens is 2. The van der Waals surface area contributed by atoms with Crippen LogP contribution in [0.2, 0.25) is 0 Å². The second kappa shape index (κ2) is 16.7. The predicted molar refractivity (Wildman–Crippen MR) is 160 cm³/mol. The number of nitrogens with zero attached hydrogens (tertiary/aromatic N) is 4. The number of hydrogen-bond acceptors (Lipinski definition) is 5. The van der Waals surface area contributed by atoms with Gasteiger partial charge < -0.3 is 24.8 Å². The first kappa shape index (κ1) is 32.8. The van der Waals surface area contributed by atoms with E-state index in [-0.39, 0.29) is 36.8 Å². The molecule has 3 heterocycles. The minimum absolute atomic E-state index is 0. The van der Waals surface area contributed by atoms with Gasteiger partial charge >= 0.3 is 6.03 Å². The Bertz CT molecular complexity index is 1010. The van der Waals surface area contributed by atoms with Crippen LogP contribution in [-0.2, 0) is 11.2 Å². The zero-order valence-corrected chi connectivity index (χ0v) is 24.7. The van der Waals surface area contributed by atoms with Gasteiger partial charge in [0, 0.05) is 62.4 Å². The fourth-order valence-corrected chi connectivity index (χ4v) is 5.32. The lowest BCUT2D eigenvalue weighted by molar-refractivity contribution is 0.0386. The first-order valence-corrected chi connectivity index (χ1v) is 13.7. The van der Waals surface area contributed by atoms with E-state index in [1.165, 1.54) is 5.56 Å². The van der Waals surface area contributed by atoms with E-state index in [0.29, 0.717) is 43.8 Å². The van der Waals surface area contributed by atoms with E-state index < -0.39 is 0 Å². The number of piperidine rings is 1. The van der Waals surface area contributed by atoms with Crippen molar-refractivity contribution in [2.24, 2.45) is 5.92 Å². The van der Waals surface area contributed by atoms with Crippen molar-refractivity contribution in [2.45, 2.75) is 45.6 Å². The van der Waals surface area contributed by atoms with Gasteiger partial charge in [0.1, 0.15) is 0 Å². The summed E-state index contributed by atoms with van der Waals surface area (Å²) in [5.41, 5.74) is 2.62. The Hall–Kier alpha value is -2.39. The Morgan fingerprint density at radius 3 is 2.38 bits per heavy atom. The second-order valence-electron chi connectivity index (χ2n) is 10.3. The first-order chi connectivity index (χ1) is 18.0. The molecule has 1 unspecified atom stereocenters. The molecule has 2 aromatic rings. The molecule has 0 aliphatic carbocycles. The van der Waals surface area contributed by atoms with E-state index in [0.717, 1.165) is 57.5 Å². The molecule has 0 saturated carbocycles. The van der Waals surface area contributed by atoms with Gasteiger partial charge in [-0.2, -0.15) is 0 Å². The molecule has 10 heteroatoms. The van der Waals surface area contributed by atoms with Crippen LogP contribution in [-0.4, -0.2) is 90.1 Å². The lowest BCUT2D eigenvalue weighted by Crippen LogP contribution is -2.51. The van der Waals surface area contributed by atoms with Crippen molar-refractivity contribution in [3.8, 4) is 0 Å². The van der Waals surface area contributed by atoms with E-state index in [1.807, 2.05) is 21.9 Å². The molecule has 2 fully saturated rings. The number of pyridine rings is 1. The molecule has 8 nitrogen and oxygen atoms in total. The number of amides is 3. The highest BCUT2D eigenvalue weighted by atomic mass is 35.5. The fraction of sp³-hybridized carbons (Fsp3) is 0.552. The molecule has 1 N–H and O–H groups in total. The summed E-state index contributed by atoms with van der Waals surface area (Å²) in [6.45, 7) is 11.0. The molecule has 216 valence electrons. The van der Waals surface area contributed by atoms with Crippen molar-refractivity contribution in [2.75, 3.05) is 57.8 Å². The monoisotopic (exact) mass is 579 g/mol. The fourth-order valence-electron chi connectivity index (χ4n) is 5.32. The number of morpholine rings is 1. The number of aromatic nitrogens is 1. The van der Waals surface area contributed by atoms with Gasteiger partial charge in [-0.25, -0.2) is 4.79 Å². The highest BCUT2D eigenvalue weighted by Crippen LogP contribution is 2.22. The van der Waals surface area contributed by atoms with E-state index in [4.69, 9.17) is 4.74 Å². The van der Waals surface area contributed by atoms with Gasteiger partial charge in [0.25, 0.3) is 5.91 Å². The van der Waals surface area contributed by atoms with Crippen LogP contribution in [0.5, 0.6) is 0 Å². The second-order valence-corrected chi connectivity index (χ2v) is 10.3. The van der Waals surface area contributed by atoms with E-state index in [1.54, 1.807) is 24.5 Å². The quantitative estimate of drug-likeness (QED) is 0.453. The van der Waals surface area contributed by atoms with Gasteiger partial charge in [-0.15, -0.1) is 24.8 Å². The first-order valence-electron chi connectivity index (χ1n) is 13.7. The molecule has 1 atom stereocenters. The SMILES string of the molecule is CCCN(CC1CCN(C(=O)N2CCOCC2)CC1)C(C)Cc1cccc(NC(=O)c2ccncc2)c1.Cl.Cl. The van der Waals surface area contributed by atoms with E-state index >= 15 is 0 Å². The van der Waals surface area contributed by atoms with Gasteiger partial charge in [-0.05, 0) is 74.9 Å². The van der Waals surface area contributed by atoms with Crippen molar-refractivity contribution in [1.29, 1.82) is 0 Å². The van der Waals surface area contributed by atoms with Crippen LogP contribution in [0.3, 0.4) is 0 Å². The van der Waals surface area contributed by atoms with Crippen molar-refractivity contribution >= 4 is 42.4 Å². The van der Waals surface area contributed by atoms with Crippen molar-refractivity contribution < 1.29 is 14.3 Å². The van der Waals surface area contributed by atoms with E-state index in [9.17, 15) is 9.59 Å². The Morgan fingerprint density at radius 2 is 1.72 bits per heavy atom. The number of ether oxygens (including phenoxy) is 1. The van der Waals surface area contributed by atoms with Crippen LogP contribution in [0.15, 0.2) is 48.8 Å². The lowest BCUT2D eigenvalue weighted by Gasteiger charge is -2.39. The number of urea groups is 1. The number of anilines is 1. The molecule has 2 aliphatic rings. The van der Waals surface area contributed by atoms with Gasteiger partial charge in [-0.3, -0.25) is 9.78 Å². The third kappa shape index (κ3) is 9.64. The molecule has 0 spiro atoms. The molecular formula is C29H43Cl2N5O3. The number of carbonyl (C=O) groups is 2. The smallest absolute Gasteiger partial charge is 0.320 e. The average Bonchev–Trinajstić information content (AvgIpc) is 2.94. The number of rotatable bonds is 9. The zero-order chi connectivity index (χ0) is 26.0. The Balaban J connectivity index is 0.00000267. The van der Waals surface area contributed by atoms with Crippen molar-refractivity contribution in [3.63, 3.8) is 0 Å². The maximum absolute atomic E-state index is 12.8.